The van der Waals surface area contributed by atoms with Crippen molar-refractivity contribution in [2.75, 3.05) is 13.2 Å². The summed E-state index contributed by atoms with van der Waals surface area (Å²) >= 11 is 0. The van der Waals surface area contributed by atoms with E-state index < -0.39 is 0 Å². The van der Waals surface area contributed by atoms with Crippen molar-refractivity contribution in [3.63, 3.8) is 0 Å². The summed E-state index contributed by atoms with van der Waals surface area (Å²) in [6.07, 6.45) is 7.35. The number of rotatable bonds is 5. The van der Waals surface area contributed by atoms with Gasteiger partial charge in [0.25, 0.3) is 0 Å². The van der Waals surface area contributed by atoms with Crippen LogP contribution in [0.4, 0.5) is 0 Å². The van der Waals surface area contributed by atoms with Gasteiger partial charge in [0, 0.05) is 6.61 Å². The van der Waals surface area contributed by atoms with E-state index in [0.717, 1.165) is 25.8 Å². The Labute approximate surface area is 166 Å². The Morgan fingerprint density at radius 3 is 2.44 bits per heavy atom. The van der Waals surface area contributed by atoms with Gasteiger partial charge in [-0.15, -0.1) is 0 Å². The molecule has 7 unspecified atom stereocenters. The number of aliphatic hydroxyl groups is 2. The molecule has 0 heterocycles. The molecule has 0 saturated heterocycles. The standard InChI is InChI=1S/C24H43NO2/c1-15(2)10-20-21(24(5)8-6-19(27)12-18(24)14-26)7-9-23(4)16(3)17(13-25)11-22(20)23/h15,17-22,26-27H,3,6-14,25H2,1-2,4-5H3/t17?,18?,19?,20-,21?,22?,23?,24?/m1/s1. The van der Waals surface area contributed by atoms with Gasteiger partial charge in [-0.1, -0.05) is 39.8 Å². The van der Waals surface area contributed by atoms with Gasteiger partial charge in [-0.3, -0.25) is 0 Å². The molecule has 3 saturated carbocycles. The van der Waals surface area contributed by atoms with Crippen molar-refractivity contribution in [3.8, 4) is 0 Å². The van der Waals surface area contributed by atoms with E-state index in [9.17, 15) is 10.2 Å². The van der Waals surface area contributed by atoms with Gasteiger partial charge in [-0.05, 0) is 97.8 Å². The maximum absolute atomic E-state index is 10.2. The molecule has 0 radical (unpaired) electrons. The van der Waals surface area contributed by atoms with Crippen LogP contribution in [-0.4, -0.2) is 29.5 Å². The second-order valence-electron chi connectivity index (χ2n) is 11.0. The SMILES string of the molecule is C=C1C(CN)CC2[C@H](CC(C)C)C(C3(C)CCC(O)CC3CO)CCC12C. The second kappa shape index (κ2) is 7.80. The first kappa shape index (κ1) is 21.3. The fraction of sp³-hybridized carbons (Fsp3) is 0.917. The Hall–Kier alpha value is -0.380. The minimum Gasteiger partial charge on any atom is -0.396 e. The van der Waals surface area contributed by atoms with Crippen LogP contribution in [-0.2, 0) is 0 Å². The molecular formula is C24H43NO2. The van der Waals surface area contributed by atoms with Gasteiger partial charge >= 0.3 is 0 Å². The summed E-state index contributed by atoms with van der Waals surface area (Å²) in [4.78, 5) is 0. The molecule has 156 valence electrons. The van der Waals surface area contributed by atoms with Crippen molar-refractivity contribution in [3.05, 3.63) is 12.2 Å². The smallest absolute Gasteiger partial charge is 0.0544 e. The lowest BCUT2D eigenvalue weighted by Crippen LogP contribution is -2.51. The Kier molecular flexibility index (Phi) is 6.16. The maximum Gasteiger partial charge on any atom is 0.0544 e. The minimum atomic E-state index is -0.236. The lowest BCUT2D eigenvalue weighted by atomic mass is 9.48. The molecule has 3 aliphatic carbocycles. The lowest BCUT2D eigenvalue weighted by Gasteiger charge is -2.57. The van der Waals surface area contributed by atoms with Crippen molar-refractivity contribution in [1.82, 2.24) is 0 Å². The minimum absolute atomic E-state index is 0.136. The monoisotopic (exact) mass is 377 g/mol. The molecule has 0 aromatic carbocycles. The topological polar surface area (TPSA) is 66.5 Å². The van der Waals surface area contributed by atoms with Crippen molar-refractivity contribution in [2.24, 2.45) is 52.1 Å². The van der Waals surface area contributed by atoms with Crippen LogP contribution in [0.1, 0.15) is 72.6 Å². The van der Waals surface area contributed by atoms with Crippen LogP contribution < -0.4 is 5.73 Å². The molecule has 8 atom stereocenters. The van der Waals surface area contributed by atoms with Crippen LogP contribution in [0.5, 0.6) is 0 Å². The van der Waals surface area contributed by atoms with Crippen LogP contribution in [0.25, 0.3) is 0 Å². The van der Waals surface area contributed by atoms with E-state index in [-0.39, 0.29) is 29.5 Å². The zero-order valence-corrected chi connectivity index (χ0v) is 18.1. The van der Waals surface area contributed by atoms with E-state index in [1.165, 1.54) is 31.3 Å². The molecule has 27 heavy (non-hydrogen) atoms. The third-order valence-electron chi connectivity index (χ3n) is 9.19. The molecule has 0 aromatic heterocycles. The number of nitrogens with two attached hydrogens (primary N) is 1. The Balaban J connectivity index is 1.95. The van der Waals surface area contributed by atoms with Gasteiger partial charge in [0.05, 0.1) is 6.10 Å². The summed E-state index contributed by atoms with van der Waals surface area (Å²) in [5, 5.41) is 20.4. The molecule has 3 rings (SSSR count). The van der Waals surface area contributed by atoms with Gasteiger partial charge in [0.15, 0.2) is 0 Å². The summed E-state index contributed by atoms with van der Waals surface area (Å²) in [5.41, 5.74) is 7.90. The predicted octanol–water partition coefficient (Wildman–Crippen LogP) is 4.38. The number of hydrogen-bond donors (Lipinski definition) is 3. The predicted molar refractivity (Wildman–Crippen MR) is 112 cm³/mol. The van der Waals surface area contributed by atoms with Crippen molar-refractivity contribution in [1.29, 1.82) is 0 Å². The van der Waals surface area contributed by atoms with E-state index >= 15 is 0 Å². The largest absolute Gasteiger partial charge is 0.396 e. The molecule has 3 fully saturated rings. The summed E-state index contributed by atoms with van der Waals surface area (Å²) in [7, 11) is 0. The summed E-state index contributed by atoms with van der Waals surface area (Å²) in [6, 6.07) is 0. The Bertz CT molecular complexity index is 546. The summed E-state index contributed by atoms with van der Waals surface area (Å²) in [6.45, 7) is 15.0. The van der Waals surface area contributed by atoms with Crippen molar-refractivity contribution >= 4 is 0 Å². The maximum atomic E-state index is 10.2. The van der Waals surface area contributed by atoms with Gasteiger partial charge in [0.2, 0.25) is 0 Å². The molecule has 4 N–H and O–H groups in total. The van der Waals surface area contributed by atoms with Gasteiger partial charge in [-0.25, -0.2) is 0 Å². The van der Waals surface area contributed by atoms with Crippen LogP contribution in [0.2, 0.25) is 0 Å². The Morgan fingerprint density at radius 2 is 1.85 bits per heavy atom. The van der Waals surface area contributed by atoms with Crippen LogP contribution in [0.3, 0.4) is 0 Å². The van der Waals surface area contributed by atoms with E-state index in [0.29, 0.717) is 29.6 Å². The highest BCUT2D eigenvalue weighted by atomic mass is 16.3. The van der Waals surface area contributed by atoms with E-state index in [4.69, 9.17) is 5.73 Å². The summed E-state index contributed by atoms with van der Waals surface area (Å²) in [5.74, 6) is 3.35. The number of aliphatic hydroxyl groups excluding tert-OH is 2. The molecule has 0 bridgehead atoms. The fourth-order valence-electron chi connectivity index (χ4n) is 7.46. The third kappa shape index (κ3) is 3.53. The quantitative estimate of drug-likeness (QED) is 0.623. The van der Waals surface area contributed by atoms with Gasteiger partial charge < -0.3 is 15.9 Å². The van der Waals surface area contributed by atoms with Crippen molar-refractivity contribution in [2.45, 2.75) is 78.7 Å². The van der Waals surface area contributed by atoms with Crippen LogP contribution in [0, 0.1) is 46.3 Å². The zero-order valence-electron chi connectivity index (χ0n) is 18.1. The second-order valence-corrected chi connectivity index (χ2v) is 11.0. The zero-order chi connectivity index (χ0) is 20.0. The molecule has 0 aliphatic heterocycles. The normalized spacial score (nSPS) is 48.1. The highest BCUT2D eigenvalue weighted by Gasteiger charge is 2.58. The first-order valence-electron chi connectivity index (χ1n) is 11.4. The first-order chi connectivity index (χ1) is 12.7. The third-order valence-corrected chi connectivity index (χ3v) is 9.19. The van der Waals surface area contributed by atoms with E-state index in [1.54, 1.807) is 0 Å². The highest BCUT2D eigenvalue weighted by Crippen LogP contribution is 2.65. The summed E-state index contributed by atoms with van der Waals surface area (Å²) < 4.78 is 0. The van der Waals surface area contributed by atoms with Crippen molar-refractivity contribution < 1.29 is 10.2 Å². The molecule has 0 aromatic rings. The van der Waals surface area contributed by atoms with Crippen LogP contribution >= 0.6 is 0 Å². The molecule has 3 heteroatoms. The number of fused-ring (bicyclic) bond motifs is 1. The number of hydrogen-bond acceptors (Lipinski definition) is 3. The average Bonchev–Trinajstić information content (AvgIpc) is 2.88. The Morgan fingerprint density at radius 1 is 1.15 bits per heavy atom. The molecule has 0 amide bonds. The molecule has 3 aliphatic rings. The highest BCUT2D eigenvalue weighted by molar-refractivity contribution is 5.24. The van der Waals surface area contributed by atoms with E-state index in [2.05, 4.69) is 34.3 Å². The lowest BCUT2D eigenvalue weighted by molar-refractivity contribution is -0.0981. The molecular weight excluding hydrogens is 334 g/mol. The van der Waals surface area contributed by atoms with Gasteiger partial charge in [-0.2, -0.15) is 0 Å². The van der Waals surface area contributed by atoms with Crippen LogP contribution in [0.15, 0.2) is 12.2 Å². The fourth-order valence-corrected chi connectivity index (χ4v) is 7.46. The van der Waals surface area contributed by atoms with Gasteiger partial charge in [0.1, 0.15) is 0 Å². The average molecular weight is 378 g/mol. The first-order valence-corrected chi connectivity index (χ1v) is 11.4. The molecule has 3 nitrogen and oxygen atoms in total. The molecule has 0 spiro atoms. The van der Waals surface area contributed by atoms with E-state index in [1.807, 2.05) is 0 Å².